The van der Waals surface area contributed by atoms with Crippen LogP contribution in [-0.2, 0) is 14.3 Å². The zero-order chi connectivity index (χ0) is 12.7. The summed E-state index contributed by atoms with van der Waals surface area (Å²) in [6.07, 6.45) is 0.207. The van der Waals surface area contributed by atoms with Crippen LogP contribution in [0.3, 0.4) is 0 Å². The van der Waals surface area contributed by atoms with Gasteiger partial charge in [-0.05, 0) is 12.8 Å². The van der Waals surface area contributed by atoms with Crippen LogP contribution in [0.15, 0.2) is 0 Å². The van der Waals surface area contributed by atoms with Gasteiger partial charge in [0.1, 0.15) is 5.38 Å². The normalized spacial score (nSPS) is 12.4. The highest BCUT2D eigenvalue weighted by molar-refractivity contribution is 6.30. The van der Waals surface area contributed by atoms with Gasteiger partial charge < -0.3 is 9.64 Å². The molecule has 1 amide bonds. The van der Waals surface area contributed by atoms with Crippen LogP contribution < -0.4 is 0 Å². The molecule has 0 radical (unpaired) electrons. The van der Waals surface area contributed by atoms with Crippen molar-refractivity contribution in [1.29, 1.82) is 0 Å². The van der Waals surface area contributed by atoms with E-state index in [1.54, 1.807) is 11.8 Å². The molecule has 0 aliphatic carbocycles. The molecule has 0 saturated heterocycles. The van der Waals surface area contributed by atoms with Gasteiger partial charge in [-0.3, -0.25) is 9.59 Å². The fourth-order valence-electron chi connectivity index (χ4n) is 1.31. The van der Waals surface area contributed by atoms with Gasteiger partial charge in [0.2, 0.25) is 5.91 Å². The van der Waals surface area contributed by atoms with Crippen LogP contribution in [0, 0.1) is 5.92 Å². The third-order valence-electron chi connectivity index (χ3n) is 2.05. The first-order chi connectivity index (χ1) is 7.38. The van der Waals surface area contributed by atoms with Gasteiger partial charge in [-0.1, -0.05) is 13.8 Å². The number of nitrogens with zero attached hydrogens (tertiary/aromatic N) is 1. The molecule has 0 saturated carbocycles. The predicted octanol–water partition coefficient (Wildman–Crippen LogP) is 1.66. The Kier molecular flexibility index (Phi) is 7.13. The first kappa shape index (κ1) is 15.2. The van der Waals surface area contributed by atoms with Crippen molar-refractivity contribution in [3.8, 4) is 0 Å². The second-order valence-corrected chi connectivity index (χ2v) is 4.77. The minimum atomic E-state index is -0.559. The SMILES string of the molecule is COC(=O)CCN(CC(C)C)C(=O)C(C)Cl. The third-order valence-corrected chi connectivity index (χ3v) is 2.24. The number of rotatable bonds is 6. The second kappa shape index (κ2) is 7.49. The van der Waals surface area contributed by atoms with Crippen LogP contribution in [0.5, 0.6) is 0 Å². The summed E-state index contributed by atoms with van der Waals surface area (Å²) in [4.78, 5) is 24.3. The number of esters is 1. The van der Waals surface area contributed by atoms with Gasteiger partial charge in [-0.25, -0.2) is 0 Å². The number of carbonyl (C=O) groups is 2. The van der Waals surface area contributed by atoms with Crippen molar-refractivity contribution < 1.29 is 14.3 Å². The van der Waals surface area contributed by atoms with Crippen LogP contribution in [0.4, 0.5) is 0 Å². The minimum Gasteiger partial charge on any atom is -0.469 e. The maximum absolute atomic E-state index is 11.7. The first-order valence-electron chi connectivity index (χ1n) is 5.38. The Labute approximate surface area is 102 Å². The molecule has 0 aliphatic rings. The maximum Gasteiger partial charge on any atom is 0.307 e. The Morgan fingerprint density at radius 3 is 2.25 bits per heavy atom. The summed E-state index contributed by atoms with van der Waals surface area (Å²) in [5.41, 5.74) is 0. The van der Waals surface area contributed by atoms with Crippen molar-refractivity contribution in [1.82, 2.24) is 4.90 Å². The molecular weight excluding hydrogens is 230 g/mol. The largest absolute Gasteiger partial charge is 0.469 e. The monoisotopic (exact) mass is 249 g/mol. The lowest BCUT2D eigenvalue weighted by Gasteiger charge is -2.25. The van der Waals surface area contributed by atoms with Crippen molar-refractivity contribution in [2.45, 2.75) is 32.6 Å². The Morgan fingerprint density at radius 2 is 1.88 bits per heavy atom. The van der Waals surface area contributed by atoms with E-state index in [4.69, 9.17) is 11.6 Å². The number of carbonyl (C=O) groups excluding carboxylic acids is 2. The van der Waals surface area contributed by atoms with Gasteiger partial charge >= 0.3 is 5.97 Å². The number of amides is 1. The number of hydrogen-bond acceptors (Lipinski definition) is 3. The molecule has 0 heterocycles. The average molecular weight is 250 g/mol. The molecule has 0 aromatic rings. The molecule has 0 N–H and O–H groups in total. The number of hydrogen-bond donors (Lipinski definition) is 0. The highest BCUT2D eigenvalue weighted by atomic mass is 35.5. The summed E-state index contributed by atoms with van der Waals surface area (Å²) < 4.78 is 4.54. The summed E-state index contributed by atoms with van der Waals surface area (Å²) in [5, 5.41) is -0.559. The number of ether oxygens (including phenoxy) is 1. The average Bonchev–Trinajstić information content (AvgIpc) is 2.21. The van der Waals surface area contributed by atoms with Crippen LogP contribution in [0.25, 0.3) is 0 Å². The van der Waals surface area contributed by atoms with E-state index < -0.39 is 5.38 Å². The van der Waals surface area contributed by atoms with Crippen molar-refractivity contribution >= 4 is 23.5 Å². The molecule has 0 spiro atoms. The number of halogens is 1. The maximum atomic E-state index is 11.7. The lowest BCUT2D eigenvalue weighted by molar-refractivity contribution is -0.141. The molecule has 0 rings (SSSR count). The fourth-order valence-corrected chi connectivity index (χ4v) is 1.45. The van der Waals surface area contributed by atoms with Gasteiger partial charge in [0.25, 0.3) is 0 Å². The van der Waals surface area contributed by atoms with Crippen LogP contribution in [0.1, 0.15) is 27.2 Å². The topological polar surface area (TPSA) is 46.6 Å². The Morgan fingerprint density at radius 1 is 1.31 bits per heavy atom. The zero-order valence-corrected chi connectivity index (χ0v) is 11.1. The van der Waals surface area contributed by atoms with Crippen molar-refractivity contribution in [3.05, 3.63) is 0 Å². The highest BCUT2D eigenvalue weighted by Crippen LogP contribution is 2.06. The van der Waals surface area contributed by atoms with E-state index in [9.17, 15) is 9.59 Å². The molecule has 16 heavy (non-hydrogen) atoms. The summed E-state index contributed by atoms with van der Waals surface area (Å²) in [7, 11) is 1.33. The van der Waals surface area contributed by atoms with E-state index in [-0.39, 0.29) is 18.3 Å². The summed E-state index contributed by atoms with van der Waals surface area (Å²) in [6.45, 7) is 6.62. The predicted molar refractivity (Wildman–Crippen MR) is 63.4 cm³/mol. The zero-order valence-electron chi connectivity index (χ0n) is 10.3. The van der Waals surface area contributed by atoms with E-state index in [1.165, 1.54) is 7.11 Å². The van der Waals surface area contributed by atoms with E-state index in [0.29, 0.717) is 19.0 Å². The molecule has 94 valence electrons. The van der Waals surface area contributed by atoms with Gasteiger partial charge in [-0.15, -0.1) is 11.6 Å². The highest BCUT2D eigenvalue weighted by Gasteiger charge is 2.20. The fraction of sp³-hybridized carbons (Fsp3) is 0.818. The molecule has 0 aromatic carbocycles. The lowest BCUT2D eigenvalue weighted by atomic mass is 10.2. The number of methoxy groups -OCH3 is 1. The van der Waals surface area contributed by atoms with Crippen molar-refractivity contribution in [3.63, 3.8) is 0 Å². The quantitative estimate of drug-likeness (QED) is 0.531. The molecule has 0 fully saturated rings. The van der Waals surface area contributed by atoms with Gasteiger partial charge in [-0.2, -0.15) is 0 Å². The first-order valence-corrected chi connectivity index (χ1v) is 5.81. The van der Waals surface area contributed by atoms with E-state index in [0.717, 1.165) is 0 Å². The van der Waals surface area contributed by atoms with Crippen molar-refractivity contribution in [2.75, 3.05) is 20.2 Å². The van der Waals surface area contributed by atoms with E-state index in [2.05, 4.69) is 4.74 Å². The van der Waals surface area contributed by atoms with E-state index >= 15 is 0 Å². The van der Waals surface area contributed by atoms with E-state index in [1.807, 2.05) is 13.8 Å². The third kappa shape index (κ3) is 5.95. The molecule has 4 nitrogen and oxygen atoms in total. The lowest BCUT2D eigenvalue weighted by Crippen LogP contribution is -2.39. The Bertz CT molecular complexity index is 241. The Balaban J connectivity index is 4.32. The molecule has 1 atom stereocenters. The summed E-state index contributed by atoms with van der Waals surface area (Å²) in [6, 6.07) is 0. The Hall–Kier alpha value is -0.770. The van der Waals surface area contributed by atoms with Crippen LogP contribution in [0.2, 0.25) is 0 Å². The molecule has 0 bridgehead atoms. The standard InChI is InChI=1S/C11H20ClNO3/c1-8(2)7-13(11(15)9(3)12)6-5-10(14)16-4/h8-9H,5-7H2,1-4H3. The summed E-state index contributed by atoms with van der Waals surface area (Å²) in [5.74, 6) is -0.111. The number of alkyl halides is 1. The smallest absolute Gasteiger partial charge is 0.307 e. The van der Waals surface area contributed by atoms with Gasteiger partial charge in [0.05, 0.1) is 13.5 Å². The molecular formula is C11H20ClNO3. The van der Waals surface area contributed by atoms with Gasteiger partial charge in [0.15, 0.2) is 0 Å². The molecule has 0 aromatic heterocycles. The second-order valence-electron chi connectivity index (χ2n) is 4.12. The molecule has 5 heteroatoms. The molecule has 0 aliphatic heterocycles. The van der Waals surface area contributed by atoms with Crippen molar-refractivity contribution in [2.24, 2.45) is 5.92 Å². The van der Waals surface area contributed by atoms with Crippen LogP contribution >= 0.6 is 11.6 Å². The van der Waals surface area contributed by atoms with Gasteiger partial charge in [0, 0.05) is 13.1 Å². The summed E-state index contributed by atoms with van der Waals surface area (Å²) >= 11 is 5.75. The van der Waals surface area contributed by atoms with Crippen LogP contribution in [-0.4, -0.2) is 42.4 Å². The molecule has 1 unspecified atom stereocenters. The minimum absolute atomic E-state index is 0.140.